The second kappa shape index (κ2) is 7.37. The topological polar surface area (TPSA) is 66.4 Å². The van der Waals surface area contributed by atoms with E-state index >= 15 is 0 Å². The number of thioether (sulfide) groups is 2. The smallest absolute Gasteiger partial charge is 0.333 e. The maximum absolute atomic E-state index is 13.0. The van der Waals surface area contributed by atoms with Crippen molar-refractivity contribution in [1.29, 1.82) is 0 Å². The van der Waals surface area contributed by atoms with Gasteiger partial charge in [0.15, 0.2) is 5.54 Å². The molecule has 1 aromatic rings. The molecule has 1 aliphatic rings. The Labute approximate surface area is 137 Å². The largest absolute Gasteiger partial charge is 0.479 e. The van der Waals surface area contributed by atoms with Crippen LogP contribution in [0.4, 0.5) is 4.39 Å². The van der Waals surface area contributed by atoms with Crippen LogP contribution in [0.2, 0.25) is 0 Å². The number of carbonyl (C=O) groups excluding carboxylic acids is 1. The number of carboxylic acids is 1. The highest BCUT2D eigenvalue weighted by atomic mass is 32.2. The summed E-state index contributed by atoms with van der Waals surface area (Å²) in [6, 6.07) is 5.15. The lowest BCUT2D eigenvalue weighted by atomic mass is 9.91. The Kier molecular flexibility index (Phi) is 5.74. The fourth-order valence-electron chi connectivity index (χ4n) is 2.22. The molecule has 0 saturated carbocycles. The highest BCUT2D eigenvalue weighted by Crippen LogP contribution is 2.27. The molecule has 0 aromatic heterocycles. The van der Waals surface area contributed by atoms with Gasteiger partial charge in [-0.25, -0.2) is 9.18 Å². The average Bonchev–Trinajstić information content (AvgIpc) is 2.48. The molecule has 0 radical (unpaired) electrons. The van der Waals surface area contributed by atoms with E-state index in [1.807, 2.05) is 11.8 Å². The summed E-state index contributed by atoms with van der Waals surface area (Å²) in [5.41, 5.74) is -1.21. The average molecular weight is 343 g/mol. The van der Waals surface area contributed by atoms with Crippen LogP contribution >= 0.6 is 23.5 Å². The van der Waals surface area contributed by atoms with Crippen LogP contribution in [0.5, 0.6) is 0 Å². The molecule has 2 N–H and O–H groups in total. The summed E-state index contributed by atoms with van der Waals surface area (Å²) in [5.74, 6) is 1.09. The molecule has 7 heteroatoms. The van der Waals surface area contributed by atoms with E-state index in [1.54, 1.807) is 11.8 Å². The van der Waals surface area contributed by atoms with E-state index in [2.05, 4.69) is 5.32 Å². The van der Waals surface area contributed by atoms with Crippen molar-refractivity contribution in [2.75, 3.05) is 17.3 Å². The quantitative estimate of drug-likeness (QED) is 0.860. The molecule has 2 rings (SSSR count). The molecule has 2 unspecified atom stereocenters. The normalized spacial score (nSPS) is 20.9. The van der Waals surface area contributed by atoms with E-state index in [9.17, 15) is 19.1 Å². The minimum Gasteiger partial charge on any atom is -0.479 e. The van der Waals surface area contributed by atoms with Gasteiger partial charge in [-0.2, -0.15) is 23.5 Å². The maximum atomic E-state index is 13.0. The van der Waals surface area contributed by atoms with Crippen molar-refractivity contribution >= 4 is 35.4 Å². The molecule has 22 heavy (non-hydrogen) atoms. The van der Waals surface area contributed by atoms with E-state index in [1.165, 1.54) is 31.2 Å². The summed E-state index contributed by atoms with van der Waals surface area (Å²) < 4.78 is 13.0. The SMILES string of the molecule is CC(NC(=O)CC1CSCCS1)(C(=O)O)c1ccc(F)cc1. The fourth-order valence-corrected chi connectivity index (χ4v) is 4.90. The predicted octanol–water partition coefficient (Wildman–Crippen LogP) is 2.48. The van der Waals surface area contributed by atoms with Gasteiger partial charge in [0, 0.05) is 28.9 Å². The highest BCUT2D eigenvalue weighted by Gasteiger charge is 2.37. The van der Waals surface area contributed by atoms with Gasteiger partial charge in [-0.3, -0.25) is 4.79 Å². The van der Waals surface area contributed by atoms with Crippen LogP contribution in [0, 0.1) is 5.82 Å². The Bertz CT molecular complexity index is 546. The van der Waals surface area contributed by atoms with Crippen molar-refractivity contribution < 1.29 is 19.1 Å². The van der Waals surface area contributed by atoms with Gasteiger partial charge in [-0.15, -0.1) is 0 Å². The number of hydrogen-bond acceptors (Lipinski definition) is 4. The molecule has 1 aliphatic heterocycles. The number of amides is 1. The van der Waals surface area contributed by atoms with Gasteiger partial charge in [0.2, 0.25) is 5.91 Å². The van der Waals surface area contributed by atoms with Gasteiger partial charge in [-0.1, -0.05) is 12.1 Å². The second-order valence-electron chi connectivity index (χ2n) is 5.26. The third kappa shape index (κ3) is 4.16. The fraction of sp³-hybridized carbons (Fsp3) is 0.467. The van der Waals surface area contributed by atoms with Crippen molar-refractivity contribution in [3.63, 3.8) is 0 Å². The second-order valence-corrected chi connectivity index (χ2v) is 7.82. The number of carbonyl (C=O) groups is 2. The first-order chi connectivity index (χ1) is 10.4. The molecule has 1 fully saturated rings. The van der Waals surface area contributed by atoms with Gasteiger partial charge in [0.25, 0.3) is 0 Å². The number of aliphatic carboxylic acids is 1. The van der Waals surface area contributed by atoms with Crippen LogP contribution in [0.3, 0.4) is 0 Å². The van der Waals surface area contributed by atoms with Crippen LogP contribution in [0.25, 0.3) is 0 Å². The number of hydrogen-bond donors (Lipinski definition) is 2. The van der Waals surface area contributed by atoms with Crippen LogP contribution in [-0.2, 0) is 15.1 Å². The molecule has 120 valence electrons. The molecule has 4 nitrogen and oxygen atoms in total. The number of halogens is 1. The van der Waals surface area contributed by atoms with Gasteiger partial charge in [0.05, 0.1) is 0 Å². The van der Waals surface area contributed by atoms with Crippen molar-refractivity contribution in [2.45, 2.75) is 24.1 Å². The lowest BCUT2D eigenvalue weighted by molar-refractivity contribution is -0.147. The van der Waals surface area contributed by atoms with Crippen molar-refractivity contribution in [3.8, 4) is 0 Å². The standard InChI is InChI=1S/C15H18FNO3S2/c1-15(14(19)20,10-2-4-11(16)5-3-10)17-13(18)8-12-9-21-6-7-22-12/h2-5,12H,6-9H2,1H3,(H,17,18)(H,19,20). The van der Waals surface area contributed by atoms with Gasteiger partial charge in [-0.05, 0) is 24.6 Å². The number of benzene rings is 1. The van der Waals surface area contributed by atoms with Gasteiger partial charge in [0.1, 0.15) is 5.82 Å². The minimum atomic E-state index is -1.56. The summed E-state index contributed by atoms with van der Waals surface area (Å²) in [7, 11) is 0. The summed E-state index contributed by atoms with van der Waals surface area (Å²) in [5, 5.41) is 12.3. The number of rotatable bonds is 5. The number of nitrogens with one attached hydrogen (secondary N) is 1. The Morgan fingerprint density at radius 1 is 1.36 bits per heavy atom. The molecule has 1 saturated heterocycles. The Morgan fingerprint density at radius 3 is 2.59 bits per heavy atom. The van der Waals surface area contributed by atoms with E-state index in [4.69, 9.17) is 0 Å². The zero-order chi connectivity index (χ0) is 16.2. The minimum absolute atomic E-state index is 0.213. The molecule has 1 amide bonds. The lowest BCUT2D eigenvalue weighted by Gasteiger charge is -2.28. The zero-order valence-electron chi connectivity index (χ0n) is 12.2. The van der Waals surface area contributed by atoms with Crippen molar-refractivity contribution in [2.24, 2.45) is 0 Å². The van der Waals surface area contributed by atoms with E-state index < -0.39 is 17.3 Å². The molecule has 0 bridgehead atoms. The van der Waals surface area contributed by atoms with Crippen LogP contribution < -0.4 is 5.32 Å². The summed E-state index contributed by atoms with van der Waals surface area (Å²) >= 11 is 3.55. The third-order valence-corrected chi connectivity index (χ3v) is 6.38. The molecule has 0 spiro atoms. The Morgan fingerprint density at radius 2 is 2.05 bits per heavy atom. The first-order valence-electron chi connectivity index (χ1n) is 6.91. The van der Waals surface area contributed by atoms with Crippen LogP contribution in [0.15, 0.2) is 24.3 Å². The summed E-state index contributed by atoms with van der Waals surface area (Å²) in [6.07, 6.45) is 0.293. The zero-order valence-corrected chi connectivity index (χ0v) is 13.8. The number of carboxylic acid groups (broad SMARTS) is 1. The molecular formula is C15H18FNO3S2. The van der Waals surface area contributed by atoms with Crippen LogP contribution in [-0.4, -0.2) is 39.5 Å². The predicted molar refractivity (Wildman–Crippen MR) is 87.7 cm³/mol. The molecular weight excluding hydrogens is 325 g/mol. The Balaban J connectivity index is 2.08. The highest BCUT2D eigenvalue weighted by molar-refractivity contribution is 8.06. The summed E-state index contributed by atoms with van der Waals surface area (Å²) in [6.45, 7) is 1.42. The van der Waals surface area contributed by atoms with Gasteiger partial charge >= 0.3 is 5.97 Å². The van der Waals surface area contributed by atoms with Gasteiger partial charge < -0.3 is 10.4 Å². The molecule has 1 aromatic carbocycles. The van der Waals surface area contributed by atoms with E-state index in [0.717, 1.165) is 17.3 Å². The first kappa shape index (κ1) is 17.1. The monoisotopic (exact) mass is 343 g/mol. The first-order valence-corrected chi connectivity index (χ1v) is 9.12. The molecule has 0 aliphatic carbocycles. The van der Waals surface area contributed by atoms with Crippen molar-refractivity contribution in [3.05, 3.63) is 35.6 Å². The Hall–Kier alpha value is -1.21. The van der Waals surface area contributed by atoms with Crippen LogP contribution in [0.1, 0.15) is 18.9 Å². The van der Waals surface area contributed by atoms with E-state index in [0.29, 0.717) is 12.0 Å². The summed E-state index contributed by atoms with van der Waals surface area (Å²) in [4.78, 5) is 23.8. The van der Waals surface area contributed by atoms with E-state index in [-0.39, 0.29) is 11.2 Å². The lowest BCUT2D eigenvalue weighted by Crippen LogP contribution is -2.50. The maximum Gasteiger partial charge on any atom is 0.333 e. The molecule has 2 atom stereocenters. The van der Waals surface area contributed by atoms with Crippen molar-refractivity contribution in [1.82, 2.24) is 5.32 Å². The molecule has 1 heterocycles. The third-order valence-electron chi connectivity index (χ3n) is 3.54.